The van der Waals surface area contributed by atoms with E-state index in [4.69, 9.17) is 11.6 Å². The normalized spacial score (nSPS) is 11.5. The van der Waals surface area contributed by atoms with Gasteiger partial charge in [0.15, 0.2) is 0 Å². The van der Waals surface area contributed by atoms with Gasteiger partial charge in [0.25, 0.3) is 0 Å². The molecule has 0 fully saturated rings. The van der Waals surface area contributed by atoms with Crippen LogP contribution in [0.4, 0.5) is 0 Å². The molecular formula is C9H9ClN2. The van der Waals surface area contributed by atoms with Crippen LogP contribution in [0.5, 0.6) is 0 Å². The van der Waals surface area contributed by atoms with Crippen LogP contribution in [0.1, 0.15) is 5.56 Å². The van der Waals surface area contributed by atoms with E-state index < -0.39 is 0 Å². The van der Waals surface area contributed by atoms with Gasteiger partial charge >= 0.3 is 0 Å². The van der Waals surface area contributed by atoms with Crippen LogP contribution in [-0.2, 0) is 0 Å². The molecule has 1 aromatic rings. The minimum Gasteiger partial charge on any atom is -0.277 e. The molecule has 0 unspecified atom stereocenters. The quantitative estimate of drug-likeness (QED) is 0.493. The summed E-state index contributed by atoms with van der Waals surface area (Å²) in [5.74, 6) is 0. The van der Waals surface area contributed by atoms with Crippen LogP contribution in [0.2, 0.25) is 5.02 Å². The molecule has 3 heteroatoms. The van der Waals surface area contributed by atoms with Gasteiger partial charge in [-0.15, -0.1) is 0 Å². The van der Waals surface area contributed by atoms with E-state index in [1.165, 1.54) is 6.34 Å². The highest BCUT2D eigenvalue weighted by molar-refractivity contribution is 6.30. The predicted octanol–water partition coefficient (Wildman–Crippen LogP) is 2.42. The van der Waals surface area contributed by atoms with Crippen LogP contribution in [0, 0.1) is 0 Å². The number of hydrogen-bond donors (Lipinski definition) is 0. The zero-order chi connectivity index (χ0) is 8.81. The van der Waals surface area contributed by atoms with Gasteiger partial charge in [-0.1, -0.05) is 23.7 Å². The van der Waals surface area contributed by atoms with Gasteiger partial charge in [0.1, 0.15) is 6.34 Å². The lowest BCUT2D eigenvalue weighted by molar-refractivity contribution is 1.45. The highest BCUT2D eigenvalue weighted by atomic mass is 35.5. The van der Waals surface area contributed by atoms with Crippen LogP contribution in [0.25, 0.3) is 0 Å². The highest BCUT2D eigenvalue weighted by Crippen LogP contribution is 2.07. The number of aliphatic imine (C=N–C) groups is 2. The van der Waals surface area contributed by atoms with Crippen molar-refractivity contribution < 1.29 is 0 Å². The Bertz CT molecular complexity index is 288. The standard InChI is InChI=1S/C9H9ClN2/c1-11-7-12-6-8-2-4-9(10)5-3-8/h2-7H,1H3. The molecular weight excluding hydrogens is 172 g/mol. The summed E-state index contributed by atoms with van der Waals surface area (Å²) in [7, 11) is 1.68. The van der Waals surface area contributed by atoms with Gasteiger partial charge in [-0.3, -0.25) is 4.99 Å². The first-order chi connectivity index (χ1) is 5.83. The Balaban J connectivity index is 2.70. The second kappa shape index (κ2) is 4.67. The van der Waals surface area contributed by atoms with Crippen molar-refractivity contribution in [1.29, 1.82) is 0 Å². The minimum atomic E-state index is 0.733. The molecule has 62 valence electrons. The zero-order valence-corrected chi connectivity index (χ0v) is 7.49. The first-order valence-electron chi connectivity index (χ1n) is 3.52. The maximum absolute atomic E-state index is 5.70. The fourth-order valence-electron chi connectivity index (χ4n) is 0.735. The van der Waals surface area contributed by atoms with Crippen LogP contribution >= 0.6 is 11.6 Å². The highest BCUT2D eigenvalue weighted by Gasteiger charge is 1.86. The summed E-state index contributed by atoms with van der Waals surface area (Å²) in [6, 6.07) is 7.45. The fourth-order valence-corrected chi connectivity index (χ4v) is 0.861. The molecule has 0 amide bonds. The summed E-state index contributed by atoms with van der Waals surface area (Å²) in [6.07, 6.45) is 3.22. The molecule has 0 aliphatic heterocycles. The van der Waals surface area contributed by atoms with Gasteiger partial charge in [-0.25, -0.2) is 4.99 Å². The molecule has 0 N–H and O–H groups in total. The molecule has 0 spiro atoms. The van der Waals surface area contributed by atoms with Crippen LogP contribution in [0.15, 0.2) is 34.3 Å². The van der Waals surface area contributed by atoms with Crippen molar-refractivity contribution >= 4 is 24.2 Å². The third kappa shape index (κ3) is 2.84. The SMILES string of the molecule is CN=CN=Cc1ccc(Cl)cc1. The molecule has 0 aliphatic rings. The monoisotopic (exact) mass is 180 g/mol. The van der Waals surface area contributed by atoms with Crippen molar-refractivity contribution in [3.8, 4) is 0 Å². The molecule has 1 aromatic carbocycles. The molecule has 0 saturated heterocycles. The topological polar surface area (TPSA) is 24.7 Å². The lowest BCUT2D eigenvalue weighted by atomic mass is 10.2. The molecule has 0 bridgehead atoms. The van der Waals surface area contributed by atoms with Crippen LogP contribution in [0.3, 0.4) is 0 Å². The number of nitrogens with zero attached hydrogens (tertiary/aromatic N) is 2. The third-order valence-electron chi connectivity index (χ3n) is 1.28. The van der Waals surface area contributed by atoms with Gasteiger partial charge in [0.05, 0.1) is 0 Å². The van der Waals surface area contributed by atoms with Gasteiger partial charge in [-0.2, -0.15) is 0 Å². The van der Waals surface area contributed by atoms with Gasteiger partial charge in [-0.05, 0) is 17.7 Å². The van der Waals surface area contributed by atoms with Crippen molar-refractivity contribution in [3.05, 3.63) is 34.9 Å². The van der Waals surface area contributed by atoms with E-state index in [0.29, 0.717) is 0 Å². The maximum Gasteiger partial charge on any atom is 0.109 e. The van der Waals surface area contributed by atoms with E-state index in [-0.39, 0.29) is 0 Å². The Kier molecular flexibility index (Phi) is 3.48. The molecule has 0 aromatic heterocycles. The molecule has 12 heavy (non-hydrogen) atoms. The summed E-state index contributed by atoms with van der Waals surface area (Å²) in [4.78, 5) is 7.65. The number of halogens is 1. The van der Waals surface area contributed by atoms with Crippen molar-refractivity contribution in [2.24, 2.45) is 9.98 Å². The maximum atomic E-state index is 5.70. The van der Waals surface area contributed by atoms with E-state index >= 15 is 0 Å². The summed E-state index contributed by atoms with van der Waals surface area (Å²) >= 11 is 5.70. The summed E-state index contributed by atoms with van der Waals surface area (Å²) in [5, 5.41) is 0.733. The Morgan fingerprint density at radius 1 is 1.25 bits per heavy atom. The van der Waals surface area contributed by atoms with Crippen LogP contribution < -0.4 is 0 Å². The molecule has 0 heterocycles. The Hall–Kier alpha value is -1.15. The number of rotatable bonds is 2. The van der Waals surface area contributed by atoms with Crippen molar-refractivity contribution in [2.75, 3.05) is 7.05 Å². The van der Waals surface area contributed by atoms with Gasteiger partial charge in [0, 0.05) is 18.3 Å². The Morgan fingerprint density at radius 2 is 1.92 bits per heavy atom. The number of hydrogen-bond acceptors (Lipinski definition) is 1. The second-order valence-electron chi connectivity index (χ2n) is 2.20. The first kappa shape index (κ1) is 8.94. The molecule has 0 aliphatic carbocycles. The average molecular weight is 181 g/mol. The molecule has 0 radical (unpaired) electrons. The lowest BCUT2D eigenvalue weighted by Crippen LogP contribution is -1.79. The predicted molar refractivity (Wildman–Crippen MR) is 53.5 cm³/mol. The number of benzene rings is 1. The molecule has 0 saturated carbocycles. The zero-order valence-electron chi connectivity index (χ0n) is 6.74. The molecule has 1 rings (SSSR count). The second-order valence-corrected chi connectivity index (χ2v) is 2.64. The van der Waals surface area contributed by atoms with E-state index in [0.717, 1.165) is 10.6 Å². The van der Waals surface area contributed by atoms with E-state index in [9.17, 15) is 0 Å². The summed E-state index contributed by atoms with van der Waals surface area (Å²) < 4.78 is 0. The van der Waals surface area contributed by atoms with E-state index in [1.807, 2.05) is 24.3 Å². The Morgan fingerprint density at radius 3 is 2.50 bits per heavy atom. The van der Waals surface area contributed by atoms with Gasteiger partial charge in [0.2, 0.25) is 0 Å². The van der Waals surface area contributed by atoms with E-state index in [1.54, 1.807) is 13.3 Å². The summed E-state index contributed by atoms with van der Waals surface area (Å²) in [6.45, 7) is 0. The van der Waals surface area contributed by atoms with Gasteiger partial charge < -0.3 is 0 Å². The van der Waals surface area contributed by atoms with Crippen LogP contribution in [-0.4, -0.2) is 19.6 Å². The minimum absolute atomic E-state index is 0.733. The smallest absolute Gasteiger partial charge is 0.109 e. The summed E-state index contributed by atoms with van der Waals surface area (Å²) in [5.41, 5.74) is 1.01. The Labute approximate surface area is 76.6 Å². The third-order valence-corrected chi connectivity index (χ3v) is 1.53. The van der Waals surface area contributed by atoms with Crippen molar-refractivity contribution in [2.45, 2.75) is 0 Å². The average Bonchev–Trinajstić information content (AvgIpc) is 2.09. The largest absolute Gasteiger partial charge is 0.277 e. The fraction of sp³-hybridized carbons (Fsp3) is 0.111. The van der Waals surface area contributed by atoms with Crippen molar-refractivity contribution in [1.82, 2.24) is 0 Å². The molecule has 0 atom stereocenters. The lowest BCUT2D eigenvalue weighted by Gasteiger charge is -1.90. The first-order valence-corrected chi connectivity index (χ1v) is 3.90. The van der Waals surface area contributed by atoms with E-state index in [2.05, 4.69) is 9.98 Å². The molecule has 2 nitrogen and oxygen atoms in total. The van der Waals surface area contributed by atoms with Crippen molar-refractivity contribution in [3.63, 3.8) is 0 Å².